The molecule has 22 heavy (non-hydrogen) atoms. The van der Waals surface area contributed by atoms with E-state index < -0.39 is 0 Å². The molecule has 0 amide bonds. The van der Waals surface area contributed by atoms with Gasteiger partial charge in [-0.2, -0.15) is 5.10 Å². The summed E-state index contributed by atoms with van der Waals surface area (Å²) in [5.74, 6) is 0.785. The van der Waals surface area contributed by atoms with Crippen LogP contribution in [0.1, 0.15) is 41.5 Å². The van der Waals surface area contributed by atoms with Crippen molar-refractivity contribution in [3.63, 3.8) is 0 Å². The molecule has 0 aliphatic carbocycles. The zero-order chi connectivity index (χ0) is 16.4. The molecule has 0 unspecified atom stereocenters. The lowest BCUT2D eigenvalue weighted by atomic mass is 10.0. The van der Waals surface area contributed by atoms with E-state index in [0.29, 0.717) is 11.7 Å². The Balaban J connectivity index is 2.15. The fraction of sp³-hybridized carbons (Fsp3) is 0.375. The topological polar surface area (TPSA) is 44.1 Å². The molecule has 0 radical (unpaired) electrons. The van der Waals surface area contributed by atoms with E-state index in [9.17, 15) is 4.79 Å². The van der Waals surface area contributed by atoms with Crippen molar-refractivity contribution in [2.24, 2.45) is 0 Å². The van der Waals surface area contributed by atoms with Gasteiger partial charge in [0, 0.05) is 10.2 Å². The molecule has 0 aliphatic heterocycles. The first-order valence-corrected chi connectivity index (χ1v) is 8.57. The normalized spacial score (nSPS) is 11.0. The summed E-state index contributed by atoms with van der Waals surface area (Å²) in [5, 5.41) is 4.35. The van der Waals surface area contributed by atoms with E-state index in [1.807, 2.05) is 32.0 Å². The van der Waals surface area contributed by atoms with E-state index in [2.05, 4.69) is 50.8 Å². The van der Waals surface area contributed by atoms with Gasteiger partial charge >= 0.3 is 0 Å². The van der Waals surface area contributed by atoms with Gasteiger partial charge in [0.05, 0.1) is 10.2 Å². The van der Waals surface area contributed by atoms with Crippen LogP contribution in [0.15, 0.2) is 27.1 Å². The average Bonchev–Trinajstić information content (AvgIpc) is 2.72. The lowest BCUT2D eigenvalue weighted by Crippen LogP contribution is -2.22. The summed E-state index contributed by atoms with van der Waals surface area (Å²) in [6.07, 6.45) is 0. The van der Waals surface area contributed by atoms with Crippen LogP contribution in [0.25, 0.3) is 0 Å². The van der Waals surface area contributed by atoms with Crippen LogP contribution in [0.4, 0.5) is 0 Å². The summed E-state index contributed by atoms with van der Waals surface area (Å²) in [6, 6.07) is 5.55. The summed E-state index contributed by atoms with van der Waals surface area (Å²) in [6.45, 7) is 7.99. The molecule has 0 saturated heterocycles. The number of carbonyl (C=O) groups excluding carboxylic acids is 1. The summed E-state index contributed by atoms with van der Waals surface area (Å²) >= 11 is 6.79. The van der Waals surface area contributed by atoms with Gasteiger partial charge in [-0.15, -0.1) is 0 Å². The first kappa shape index (κ1) is 17.2. The molecule has 1 aromatic heterocycles. The molecule has 0 spiro atoms. The van der Waals surface area contributed by atoms with E-state index >= 15 is 0 Å². The Hall–Kier alpha value is -1.14. The first-order chi connectivity index (χ1) is 10.3. The summed E-state index contributed by atoms with van der Waals surface area (Å²) in [5.41, 5.74) is 2.90. The van der Waals surface area contributed by atoms with Gasteiger partial charge in [-0.1, -0.05) is 29.8 Å². The molecule has 2 rings (SSSR count). The quantitative estimate of drug-likeness (QED) is 0.696. The maximum Gasteiger partial charge on any atom is 0.284 e. The Kier molecular flexibility index (Phi) is 5.45. The Morgan fingerprint density at radius 3 is 2.55 bits per heavy atom. The summed E-state index contributed by atoms with van der Waals surface area (Å²) in [7, 11) is 0. The van der Waals surface area contributed by atoms with Crippen molar-refractivity contribution >= 4 is 37.8 Å². The minimum atomic E-state index is -0.178. The molecule has 0 saturated carbocycles. The molecular weight excluding hydrogens is 412 g/mol. The number of hydrogen-bond acceptors (Lipinski definition) is 3. The number of rotatable bonds is 4. The number of aromatic nitrogens is 2. The number of halogens is 2. The van der Waals surface area contributed by atoms with Crippen molar-refractivity contribution in [1.29, 1.82) is 0 Å². The third kappa shape index (κ3) is 3.60. The Bertz CT molecular complexity index is 708. The Morgan fingerprint density at radius 2 is 2.00 bits per heavy atom. The predicted molar refractivity (Wildman–Crippen MR) is 93.8 cm³/mol. The fourth-order valence-corrected chi connectivity index (χ4v) is 3.69. The van der Waals surface area contributed by atoms with E-state index in [-0.39, 0.29) is 12.5 Å². The molecule has 6 heteroatoms. The molecule has 4 nitrogen and oxygen atoms in total. The third-order valence-electron chi connectivity index (χ3n) is 3.41. The second-order valence-electron chi connectivity index (χ2n) is 5.41. The number of aryl methyl sites for hydroxylation is 1. The molecule has 118 valence electrons. The van der Waals surface area contributed by atoms with E-state index in [4.69, 9.17) is 4.74 Å². The van der Waals surface area contributed by atoms with Crippen LogP contribution in [-0.4, -0.2) is 22.3 Å². The van der Waals surface area contributed by atoms with Crippen LogP contribution in [-0.2, 0) is 0 Å². The molecule has 1 aromatic carbocycles. The van der Waals surface area contributed by atoms with Crippen LogP contribution < -0.4 is 4.74 Å². The number of ether oxygens (including phenoxy) is 1. The van der Waals surface area contributed by atoms with Crippen molar-refractivity contribution in [2.75, 3.05) is 6.61 Å². The van der Waals surface area contributed by atoms with Gasteiger partial charge < -0.3 is 4.74 Å². The highest BCUT2D eigenvalue weighted by molar-refractivity contribution is 9.11. The van der Waals surface area contributed by atoms with E-state index in [0.717, 1.165) is 25.9 Å². The average molecular weight is 430 g/mol. The first-order valence-electron chi connectivity index (χ1n) is 6.98. The molecule has 0 fully saturated rings. The molecule has 0 atom stereocenters. The highest BCUT2D eigenvalue weighted by atomic mass is 79.9. The molecule has 1 heterocycles. The van der Waals surface area contributed by atoms with Crippen molar-refractivity contribution in [3.8, 4) is 5.75 Å². The number of benzene rings is 1. The number of carbonyl (C=O) groups is 1. The second kappa shape index (κ2) is 6.96. The summed E-state index contributed by atoms with van der Waals surface area (Å²) < 4.78 is 8.78. The predicted octanol–water partition coefficient (Wildman–Crippen LogP) is 4.87. The zero-order valence-electron chi connectivity index (χ0n) is 13.0. The molecule has 0 aliphatic rings. The highest BCUT2D eigenvalue weighted by Crippen LogP contribution is 2.28. The maximum absolute atomic E-state index is 12.4. The summed E-state index contributed by atoms with van der Waals surface area (Å²) in [4.78, 5) is 12.4. The van der Waals surface area contributed by atoms with Crippen LogP contribution in [0.3, 0.4) is 0 Å². The van der Waals surface area contributed by atoms with Crippen LogP contribution in [0, 0.1) is 13.8 Å². The Labute approximate surface area is 147 Å². The zero-order valence-corrected chi connectivity index (χ0v) is 16.2. The lowest BCUT2D eigenvalue weighted by Gasteiger charge is -2.09. The SMILES string of the molecule is Cc1nn(C(=O)COc2ccc(Br)cc2Br)c(C)c1C(C)C. The monoisotopic (exact) mass is 428 g/mol. The number of hydrogen-bond donors (Lipinski definition) is 0. The van der Waals surface area contributed by atoms with Crippen molar-refractivity contribution in [1.82, 2.24) is 9.78 Å². The fourth-order valence-electron chi connectivity index (χ4n) is 2.53. The van der Waals surface area contributed by atoms with E-state index in [1.54, 1.807) is 0 Å². The van der Waals surface area contributed by atoms with Crippen molar-refractivity contribution in [3.05, 3.63) is 44.1 Å². The largest absolute Gasteiger partial charge is 0.482 e. The van der Waals surface area contributed by atoms with Crippen molar-refractivity contribution < 1.29 is 9.53 Å². The van der Waals surface area contributed by atoms with Gasteiger partial charge in [0.1, 0.15) is 5.75 Å². The minimum Gasteiger partial charge on any atom is -0.482 e. The number of nitrogens with zero attached hydrogens (tertiary/aromatic N) is 2. The van der Waals surface area contributed by atoms with Crippen molar-refractivity contribution in [2.45, 2.75) is 33.6 Å². The molecule has 2 aromatic rings. The van der Waals surface area contributed by atoms with Crippen LogP contribution >= 0.6 is 31.9 Å². The molecule has 0 N–H and O–H groups in total. The second-order valence-corrected chi connectivity index (χ2v) is 7.18. The highest BCUT2D eigenvalue weighted by Gasteiger charge is 2.19. The molecular formula is C16H18Br2N2O2. The maximum atomic E-state index is 12.4. The van der Waals surface area contributed by atoms with E-state index in [1.165, 1.54) is 4.68 Å². The van der Waals surface area contributed by atoms with Crippen LogP contribution in [0.2, 0.25) is 0 Å². The molecule has 0 bridgehead atoms. The van der Waals surface area contributed by atoms with Crippen LogP contribution in [0.5, 0.6) is 5.75 Å². The van der Waals surface area contributed by atoms with Gasteiger partial charge in [-0.3, -0.25) is 4.79 Å². The standard InChI is InChI=1S/C16H18Br2N2O2/c1-9(2)16-10(3)19-20(11(16)4)15(21)8-22-14-6-5-12(17)7-13(14)18/h5-7,9H,8H2,1-4H3. The lowest BCUT2D eigenvalue weighted by molar-refractivity contribution is 0.0817. The van der Waals surface area contributed by atoms with Gasteiger partial charge in [0.15, 0.2) is 6.61 Å². The van der Waals surface area contributed by atoms with Gasteiger partial charge in [-0.05, 0) is 59.5 Å². The Morgan fingerprint density at radius 1 is 1.32 bits per heavy atom. The van der Waals surface area contributed by atoms with Gasteiger partial charge in [0.2, 0.25) is 0 Å². The van der Waals surface area contributed by atoms with Gasteiger partial charge in [-0.25, -0.2) is 4.68 Å². The van der Waals surface area contributed by atoms with Gasteiger partial charge in [0.25, 0.3) is 5.91 Å². The third-order valence-corrected chi connectivity index (χ3v) is 4.52. The smallest absolute Gasteiger partial charge is 0.284 e. The minimum absolute atomic E-state index is 0.0558.